The van der Waals surface area contributed by atoms with Gasteiger partial charge in [0.05, 0.1) is 4.90 Å². The van der Waals surface area contributed by atoms with Crippen LogP contribution in [0.1, 0.15) is 32.6 Å². The van der Waals surface area contributed by atoms with Crippen LogP contribution in [0, 0.1) is 17.6 Å². The van der Waals surface area contributed by atoms with Crippen molar-refractivity contribution in [1.82, 2.24) is 4.72 Å². The molecular weight excluding hydrogens is 272 g/mol. The number of rotatable bonds is 3. The molecule has 106 valence electrons. The van der Waals surface area contributed by atoms with E-state index in [1.807, 2.05) is 6.92 Å². The highest BCUT2D eigenvalue weighted by atomic mass is 32.2. The molecule has 2 unspecified atom stereocenters. The number of hydrogen-bond donors (Lipinski definition) is 1. The van der Waals surface area contributed by atoms with Gasteiger partial charge in [0.2, 0.25) is 10.0 Å². The van der Waals surface area contributed by atoms with Gasteiger partial charge in [0, 0.05) is 6.04 Å². The van der Waals surface area contributed by atoms with E-state index >= 15 is 0 Å². The van der Waals surface area contributed by atoms with Crippen LogP contribution in [0.5, 0.6) is 0 Å². The van der Waals surface area contributed by atoms with Crippen molar-refractivity contribution in [3.63, 3.8) is 0 Å². The summed E-state index contributed by atoms with van der Waals surface area (Å²) in [7, 11) is -3.79. The molecule has 6 heteroatoms. The van der Waals surface area contributed by atoms with Gasteiger partial charge < -0.3 is 0 Å². The molecule has 3 nitrogen and oxygen atoms in total. The zero-order valence-electron chi connectivity index (χ0n) is 10.7. The highest BCUT2D eigenvalue weighted by Crippen LogP contribution is 2.25. The van der Waals surface area contributed by atoms with Crippen LogP contribution < -0.4 is 4.72 Å². The second-order valence-corrected chi connectivity index (χ2v) is 6.78. The SMILES string of the molecule is CC1CCCCC1NS(=O)(=O)c1ccc(F)c(F)c1. The highest BCUT2D eigenvalue weighted by Gasteiger charge is 2.27. The van der Waals surface area contributed by atoms with Gasteiger partial charge in [0.1, 0.15) is 0 Å². The van der Waals surface area contributed by atoms with Crippen LogP contribution in [-0.2, 0) is 10.0 Å². The molecule has 1 N–H and O–H groups in total. The fourth-order valence-corrected chi connectivity index (χ4v) is 3.79. The van der Waals surface area contributed by atoms with Gasteiger partial charge in [-0.05, 0) is 37.0 Å². The first-order valence-electron chi connectivity index (χ1n) is 6.37. The first-order chi connectivity index (χ1) is 8.90. The molecule has 0 amide bonds. The van der Waals surface area contributed by atoms with E-state index in [1.165, 1.54) is 0 Å². The molecule has 0 saturated heterocycles. The maximum atomic E-state index is 13.1. The lowest BCUT2D eigenvalue weighted by Crippen LogP contribution is -2.41. The fraction of sp³-hybridized carbons (Fsp3) is 0.538. The molecule has 0 heterocycles. The fourth-order valence-electron chi connectivity index (χ4n) is 2.40. The summed E-state index contributed by atoms with van der Waals surface area (Å²) >= 11 is 0. The lowest BCUT2D eigenvalue weighted by atomic mass is 9.87. The Hall–Kier alpha value is -1.01. The smallest absolute Gasteiger partial charge is 0.208 e. The molecule has 1 aromatic carbocycles. The summed E-state index contributed by atoms with van der Waals surface area (Å²) in [5, 5.41) is 0. The Labute approximate surface area is 112 Å². The Morgan fingerprint density at radius 3 is 2.47 bits per heavy atom. The zero-order valence-corrected chi connectivity index (χ0v) is 11.5. The molecule has 0 bridgehead atoms. The van der Waals surface area contributed by atoms with Gasteiger partial charge in [-0.1, -0.05) is 19.8 Å². The third kappa shape index (κ3) is 3.30. The van der Waals surface area contributed by atoms with Crippen molar-refractivity contribution in [3.8, 4) is 0 Å². The minimum absolute atomic E-state index is 0.133. The molecular formula is C13H17F2NO2S. The summed E-state index contributed by atoms with van der Waals surface area (Å²) in [6.07, 6.45) is 3.84. The lowest BCUT2D eigenvalue weighted by molar-refractivity contribution is 0.310. The Bertz CT molecular complexity index is 560. The molecule has 2 atom stereocenters. The molecule has 1 fully saturated rings. The third-order valence-electron chi connectivity index (χ3n) is 3.62. The topological polar surface area (TPSA) is 46.2 Å². The van der Waals surface area contributed by atoms with E-state index in [-0.39, 0.29) is 16.9 Å². The number of sulfonamides is 1. The second-order valence-electron chi connectivity index (χ2n) is 5.07. The summed E-state index contributed by atoms with van der Waals surface area (Å²) in [4.78, 5) is -0.232. The molecule has 0 radical (unpaired) electrons. The lowest BCUT2D eigenvalue weighted by Gasteiger charge is -2.29. The van der Waals surface area contributed by atoms with Crippen LogP contribution in [0.25, 0.3) is 0 Å². The summed E-state index contributed by atoms with van der Waals surface area (Å²) in [5.74, 6) is -1.95. The minimum Gasteiger partial charge on any atom is -0.208 e. The highest BCUT2D eigenvalue weighted by molar-refractivity contribution is 7.89. The largest absolute Gasteiger partial charge is 0.240 e. The number of nitrogens with one attached hydrogen (secondary N) is 1. The monoisotopic (exact) mass is 289 g/mol. The van der Waals surface area contributed by atoms with E-state index in [9.17, 15) is 17.2 Å². The van der Waals surface area contributed by atoms with Crippen LogP contribution in [0.4, 0.5) is 8.78 Å². The molecule has 1 aromatic rings. The predicted molar refractivity (Wildman–Crippen MR) is 68.1 cm³/mol. The first kappa shape index (κ1) is 14.4. The average molecular weight is 289 g/mol. The second kappa shape index (κ2) is 5.54. The maximum absolute atomic E-state index is 13.1. The van der Waals surface area contributed by atoms with Gasteiger partial charge in [-0.3, -0.25) is 0 Å². The summed E-state index contributed by atoms with van der Waals surface area (Å²) in [6.45, 7) is 2.00. The van der Waals surface area contributed by atoms with Crippen molar-refractivity contribution >= 4 is 10.0 Å². The number of hydrogen-bond acceptors (Lipinski definition) is 2. The van der Waals surface area contributed by atoms with Crippen LogP contribution >= 0.6 is 0 Å². The maximum Gasteiger partial charge on any atom is 0.240 e. The van der Waals surface area contributed by atoms with Gasteiger partial charge in [0.25, 0.3) is 0 Å². The Morgan fingerprint density at radius 2 is 1.84 bits per heavy atom. The van der Waals surface area contributed by atoms with Crippen molar-refractivity contribution in [1.29, 1.82) is 0 Å². The minimum atomic E-state index is -3.79. The van der Waals surface area contributed by atoms with Crippen LogP contribution in [-0.4, -0.2) is 14.5 Å². The van der Waals surface area contributed by atoms with Crippen molar-refractivity contribution < 1.29 is 17.2 Å². The van der Waals surface area contributed by atoms with Crippen LogP contribution in [0.2, 0.25) is 0 Å². The first-order valence-corrected chi connectivity index (χ1v) is 7.86. The molecule has 0 aliphatic heterocycles. The molecule has 19 heavy (non-hydrogen) atoms. The van der Waals surface area contributed by atoms with Gasteiger partial charge in [0.15, 0.2) is 11.6 Å². The molecule has 2 rings (SSSR count). The molecule has 1 saturated carbocycles. The predicted octanol–water partition coefficient (Wildman–Crippen LogP) is 2.82. The number of halogens is 2. The van der Waals surface area contributed by atoms with Gasteiger partial charge in [-0.15, -0.1) is 0 Å². The molecule has 1 aliphatic rings. The van der Waals surface area contributed by atoms with Crippen molar-refractivity contribution in [2.45, 2.75) is 43.5 Å². The molecule has 0 aromatic heterocycles. The zero-order chi connectivity index (χ0) is 14.0. The summed E-state index contributed by atoms with van der Waals surface area (Å²) in [5.41, 5.74) is 0. The normalized spacial score (nSPS) is 24.4. The third-order valence-corrected chi connectivity index (χ3v) is 5.11. The Balaban J connectivity index is 2.19. The van der Waals surface area contributed by atoms with E-state index in [0.717, 1.165) is 37.8 Å². The Morgan fingerprint density at radius 1 is 1.16 bits per heavy atom. The summed E-state index contributed by atoms with van der Waals surface area (Å²) < 4.78 is 52.7. The quantitative estimate of drug-likeness (QED) is 0.930. The summed E-state index contributed by atoms with van der Waals surface area (Å²) in [6, 6.07) is 2.49. The van der Waals surface area contributed by atoms with Gasteiger partial charge >= 0.3 is 0 Å². The molecule has 0 spiro atoms. The number of benzene rings is 1. The van der Waals surface area contributed by atoms with E-state index in [4.69, 9.17) is 0 Å². The van der Waals surface area contributed by atoms with Crippen molar-refractivity contribution in [2.75, 3.05) is 0 Å². The van der Waals surface area contributed by atoms with Crippen LogP contribution in [0.15, 0.2) is 23.1 Å². The van der Waals surface area contributed by atoms with Crippen LogP contribution in [0.3, 0.4) is 0 Å². The molecule has 1 aliphatic carbocycles. The standard InChI is InChI=1S/C13H17F2NO2S/c1-9-4-2-3-5-13(9)16-19(17,18)10-6-7-11(14)12(15)8-10/h6-9,13,16H,2-5H2,1H3. The average Bonchev–Trinajstić information content (AvgIpc) is 2.35. The van der Waals surface area contributed by atoms with Crippen molar-refractivity contribution in [3.05, 3.63) is 29.8 Å². The van der Waals surface area contributed by atoms with Gasteiger partial charge in [-0.2, -0.15) is 0 Å². The Kier molecular flexibility index (Phi) is 4.20. The van der Waals surface area contributed by atoms with E-state index in [1.54, 1.807) is 0 Å². The van der Waals surface area contributed by atoms with Crippen molar-refractivity contribution in [2.24, 2.45) is 5.92 Å². The van der Waals surface area contributed by atoms with E-state index in [0.29, 0.717) is 6.07 Å². The van der Waals surface area contributed by atoms with E-state index in [2.05, 4.69) is 4.72 Å². The van der Waals surface area contributed by atoms with Gasteiger partial charge in [-0.25, -0.2) is 21.9 Å². The van der Waals surface area contributed by atoms with E-state index < -0.39 is 21.7 Å².